The lowest BCUT2D eigenvalue weighted by molar-refractivity contribution is -0.224. The molecule has 0 unspecified atom stereocenters. The first-order valence-corrected chi connectivity index (χ1v) is 13.9. The Hall–Kier alpha value is -0.550. The van der Waals surface area contributed by atoms with Crippen LogP contribution in [0.5, 0.6) is 0 Å². The molecule has 0 spiro atoms. The van der Waals surface area contributed by atoms with Gasteiger partial charge in [-0.15, -0.1) is 0 Å². The van der Waals surface area contributed by atoms with Crippen molar-refractivity contribution in [3.63, 3.8) is 0 Å². The Morgan fingerprint density at radius 2 is 1.82 bits per heavy atom. The SMILES string of the molecule is CC(C)CCC[C@@](C)(OCC(F)(F)F)[C@H]1CC[C@H]2[C@@H]3CC=C4C[C@@H](O)CC[C@]4(C)[C@H]3CC[C@@]21C. The summed E-state index contributed by atoms with van der Waals surface area (Å²) in [5, 5.41) is 10.3. The first-order valence-electron chi connectivity index (χ1n) is 13.9. The Kier molecular flexibility index (Phi) is 7.33. The molecule has 0 heterocycles. The fraction of sp³-hybridized carbons (Fsp3) is 0.931. The summed E-state index contributed by atoms with van der Waals surface area (Å²) in [4.78, 5) is 0. The van der Waals surface area contributed by atoms with E-state index in [0.29, 0.717) is 30.1 Å². The predicted octanol–water partition coefficient (Wildman–Crippen LogP) is 8.09. The third-order valence-corrected chi connectivity index (χ3v) is 10.8. The molecule has 1 N–H and O–H groups in total. The number of rotatable bonds is 7. The van der Waals surface area contributed by atoms with Gasteiger partial charge in [0.1, 0.15) is 6.61 Å². The number of halogens is 3. The molecule has 4 aliphatic rings. The molecule has 0 amide bonds. The van der Waals surface area contributed by atoms with Crippen LogP contribution in [0.1, 0.15) is 105 Å². The highest BCUT2D eigenvalue weighted by atomic mass is 19.4. The molecule has 3 fully saturated rings. The highest BCUT2D eigenvalue weighted by Crippen LogP contribution is 2.68. The largest absolute Gasteiger partial charge is 0.411 e. The van der Waals surface area contributed by atoms with Crippen LogP contribution in [-0.2, 0) is 4.74 Å². The zero-order valence-electron chi connectivity index (χ0n) is 22.0. The van der Waals surface area contributed by atoms with Crippen molar-refractivity contribution in [3.05, 3.63) is 11.6 Å². The molecule has 2 nitrogen and oxygen atoms in total. The first-order chi connectivity index (χ1) is 15.8. The minimum Gasteiger partial charge on any atom is -0.393 e. The van der Waals surface area contributed by atoms with Gasteiger partial charge in [0.05, 0.1) is 11.7 Å². The van der Waals surface area contributed by atoms with E-state index in [4.69, 9.17) is 4.74 Å². The molecule has 0 radical (unpaired) electrons. The van der Waals surface area contributed by atoms with E-state index in [1.54, 1.807) is 0 Å². The molecule has 8 atom stereocenters. The third kappa shape index (κ3) is 4.86. The number of hydrogen-bond donors (Lipinski definition) is 1. The Morgan fingerprint density at radius 1 is 1.09 bits per heavy atom. The van der Waals surface area contributed by atoms with E-state index in [0.717, 1.165) is 64.2 Å². The molecule has 34 heavy (non-hydrogen) atoms. The standard InChI is InChI=1S/C29H47F3O2/c1-19(2)7-6-14-28(5,34-18-29(30,31)32)25-11-10-23-22-9-8-20-17-21(33)12-15-26(20,3)24(22)13-16-27(23,25)4/h8,19,21-25,33H,6-7,9-18H2,1-5H3/t21-,22-,23-,24-,25-,26-,27-,28+/m0/s1. The molecular weight excluding hydrogens is 437 g/mol. The van der Waals surface area contributed by atoms with Crippen LogP contribution < -0.4 is 0 Å². The minimum absolute atomic E-state index is 0.0369. The fourth-order valence-electron chi connectivity index (χ4n) is 9.10. The fourth-order valence-corrected chi connectivity index (χ4v) is 9.10. The number of aliphatic hydroxyl groups excluding tert-OH is 1. The van der Waals surface area contributed by atoms with Crippen LogP contribution in [0, 0.1) is 40.4 Å². The van der Waals surface area contributed by atoms with Gasteiger partial charge in [-0.25, -0.2) is 0 Å². The normalized spacial score (nSPS) is 41.9. The number of hydrogen-bond acceptors (Lipinski definition) is 2. The maximum atomic E-state index is 13.3. The summed E-state index contributed by atoms with van der Waals surface area (Å²) in [6.45, 7) is 10.0. The number of aliphatic hydroxyl groups is 1. The molecule has 4 aliphatic carbocycles. The second-order valence-electron chi connectivity index (χ2n) is 13.3. The summed E-state index contributed by atoms with van der Waals surface area (Å²) in [5.74, 6) is 2.52. The highest BCUT2D eigenvalue weighted by Gasteiger charge is 2.61. The van der Waals surface area contributed by atoms with Crippen LogP contribution >= 0.6 is 0 Å². The van der Waals surface area contributed by atoms with Gasteiger partial charge in [0.2, 0.25) is 0 Å². The van der Waals surface area contributed by atoms with Crippen LogP contribution in [0.4, 0.5) is 13.2 Å². The second kappa shape index (κ2) is 9.39. The van der Waals surface area contributed by atoms with Crippen molar-refractivity contribution in [2.45, 2.75) is 123 Å². The monoisotopic (exact) mass is 484 g/mol. The third-order valence-electron chi connectivity index (χ3n) is 10.8. The Labute approximate surface area is 205 Å². The van der Waals surface area contributed by atoms with Gasteiger partial charge in [0.25, 0.3) is 0 Å². The summed E-state index contributed by atoms with van der Waals surface area (Å²) >= 11 is 0. The summed E-state index contributed by atoms with van der Waals surface area (Å²) < 4.78 is 45.6. The van der Waals surface area contributed by atoms with Crippen LogP contribution in [0.25, 0.3) is 0 Å². The van der Waals surface area contributed by atoms with Gasteiger partial charge in [-0.3, -0.25) is 0 Å². The molecule has 0 aliphatic heterocycles. The molecule has 0 aromatic carbocycles. The molecule has 0 bridgehead atoms. The topological polar surface area (TPSA) is 29.5 Å². The zero-order chi connectivity index (χ0) is 24.9. The summed E-state index contributed by atoms with van der Waals surface area (Å²) in [5.41, 5.74) is 0.969. The average molecular weight is 485 g/mol. The number of alkyl halides is 3. The highest BCUT2D eigenvalue weighted by molar-refractivity contribution is 5.25. The van der Waals surface area contributed by atoms with Crippen molar-refractivity contribution in [2.24, 2.45) is 40.4 Å². The molecular formula is C29H47F3O2. The zero-order valence-corrected chi connectivity index (χ0v) is 22.0. The van der Waals surface area contributed by atoms with E-state index >= 15 is 0 Å². The first kappa shape index (κ1) is 26.5. The predicted molar refractivity (Wildman–Crippen MR) is 130 cm³/mol. The molecule has 4 rings (SSSR count). The minimum atomic E-state index is -4.29. The number of ether oxygens (including phenoxy) is 1. The van der Waals surface area contributed by atoms with E-state index in [2.05, 4.69) is 33.8 Å². The Balaban J connectivity index is 1.57. The van der Waals surface area contributed by atoms with Crippen molar-refractivity contribution >= 4 is 0 Å². The molecule has 0 aromatic heterocycles. The van der Waals surface area contributed by atoms with E-state index in [9.17, 15) is 18.3 Å². The van der Waals surface area contributed by atoms with E-state index in [1.807, 2.05) is 6.92 Å². The van der Waals surface area contributed by atoms with Crippen molar-refractivity contribution in [3.8, 4) is 0 Å². The van der Waals surface area contributed by atoms with E-state index in [-0.39, 0.29) is 22.9 Å². The number of fused-ring (bicyclic) bond motifs is 5. The maximum Gasteiger partial charge on any atom is 0.411 e. The quantitative estimate of drug-likeness (QED) is 0.370. The lowest BCUT2D eigenvalue weighted by atomic mass is 9.46. The summed E-state index contributed by atoms with van der Waals surface area (Å²) in [6.07, 6.45) is 8.78. The molecule has 0 saturated heterocycles. The second-order valence-corrected chi connectivity index (χ2v) is 13.3. The lowest BCUT2D eigenvalue weighted by Gasteiger charge is -2.59. The van der Waals surface area contributed by atoms with Crippen LogP contribution in [0.15, 0.2) is 11.6 Å². The van der Waals surface area contributed by atoms with Crippen LogP contribution in [0.2, 0.25) is 0 Å². The van der Waals surface area contributed by atoms with Gasteiger partial charge in [0, 0.05) is 0 Å². The molecule has 196 valence electrons. The smallest absolute Gasteiger partial charge is 0.393 e. The summed E-state index contributed by atoms with van der Waals surface area (Å²) in [7, 11) is 0. The van der Waals surface area contributed by atoms with Gasteiger partial charge >= 0.3 is 6.18 Å². The molecule has 3 saturated carbocycles. The molecule has 5 heteroatoms. The van der Waals surface area contributed by atoms with Crippen LogP contribution in [-0.4, -0.2) is 29.6 Å². The van der Waals surface area contributed by atoms with Gasteiger partial charge in [0.15, 0.2) is 0 Å². The average Bonchev–Trinajstić information content (AvgIpc) is 3.10. The van der Waals surface area contributed by atoms with Crippen LogP contribution in [0.3, 0.4) is 0 Å². The van der Waals surface area contributed by atoms with Gasteiger partial charge in [-0.05, 0) is 105 Å². The number of allylic oxidation sites excluding steroid dienone is 1. The van der Waals surface area contributed by atoms with Gasteiger partial charge < -0.3 is 9.84 Å². The van der Waals surface area contributed by atoms with Gasteiger partial charge in [-0.2, -0.15) is 13.2 Å². The maximum absolute atomic E-state index is 13.3. The van der Waals surface area contributed by atoms with Crippen molar-refractivity contribution in [2.75, 3.05) is 6.61 Å². The summed E-state index contributed by atoms with van der Waals surface area (Å²) in [6, 6.07) is 0. The van der Waals surface area contributed by atoms with Crippen molar-refractivity contribution < 1.29 is 23.0 Å². The van der Waals surface area contributed by atoms with E-state index < -0.39 is 18.4 Å². The van der Waals surface area contributed by atoms with Crippen molar-refractivity contribution in [1.29, 1.82) is 0 Å². The lowest BCUT2D eigenvalue weighted by Crippen LogP contribution is -2.53. The van der Waals surface area contributed by atoms with Crippen molar-refractivity contribution in [1.82, 2.24) is 0 Å². The van der Waals surface area contributed by atoms with Gasteiger partial charge in [-0.1, -0.05) is 52.2 Å². The Bertz CT molecular complexity index is 761. The molecule has 0 aromatic rings. The van der Waals surface area contributed by atoms with E-state index in [1.165, 1.54) is 5.57 Å². The Morgan fingerprint density at radius 3 is 2.50 bits per heavy atom.